The van der Waals surface area contributed by atoms with Crippen molar-refractivity contribution in [3.8, 4) is 0 Å². The lowest BCUT2D eigenvalue weighted by atomic mass is 9.98. The first-order valence-corrected chi connectivity index (χ1v) is 8.44. The van der Waals surface area contributed by atoms with Gasteiger partial charge in [0.15, 0.2) is 5.65 Å². The van der Waals surface area contributed by atoms with Crippen LogP contribution in [0.2, 0.25) is 0 Å². The number of rotatable bonds is 3. The Hall–Kier alpha value is -2.76. The summed E-state index contributed by atoms with van der Waals surface area (Å²) in [4.78, 5) is 18.9. The zero-order valence-electron chi connectivity index (χ0n) is 14.0. The zero-order chi connectivity index (χ0) is 17.4. The molecule has 1 unspecified atom stereocenters. The lowest BCUT2D eigenvalue weighted by Crippen LogP contribution is -2.29. The molecule has 4 rings (SSSR count). The van der Waals surface area contributed by atoms with E-state index in [2.05, 4.69) is 10.1 Å². The minimum atomic E-state index is -0.166. The van der Waals surface area contributed by atoms with E-state index in [1.807, 2.05) is 17.0 Å². The molecule has 1 aromatic carbocycles. The molecule has 2 aromatic heterocycles. The van der Waals surface area contributed by atoms with Gasteiger partial charge in [-0.05, 0) is 48.9 Å². The van der Waals surface area contributed by atoms with E-state index in [1.54, 1.807) is 42.2 Å². The summed E-state index contributed by atoms with van der Waals surface area (Å²) in [5.41, 5.74) is 2.76. The van der Waals surface area contributed by atoms with Crippen molar-refractivity contribution < 1.29 is 9.18 Å². The molecule has 5 nitrogen and oxygen atoms in total. The van der Waals surface area contributed by atoms with E-state index < -0.39 is 0 Å². The smallest absolute Gasteiger partial charge is 0.259 e. The van der Waals surface area contributed by atoms with Crippen LogP contribution in [0.5, 0.6) is 0 Å². The van der Waals surface area contributed by atoms with E-state index >= 15 is 0 Å². The van der Waals surface area contributed by atoms with Gasteiger partial charge in [0.25, 0.3) is 5.91 Å². The first kappa shape index (κ1) is 15.7. The Morgan fingerprint density at radius 2 is 2.28 bits per heavy atom. The highest BCUT2D eigenvalue weighted by molar-refractivity contribution is 5.99. The highest BCUT2D eigenvalue weighted by Gasteiger charge is 2.29. The van der Waals surface area contributed by atoms with Gasteiger partial charge in [-0.3, -0.25) is 4.79 Å². The standard InChI is InChI=1S/C19H19FN4O/c1-13-3-4-14(10-17(13)20)9-15-5-8-23(12-15)19(25)16-11-22-24-7-2-6-21-18(16)24/h2-4,6-7,10-11,15H,5,8-9,12H2,1H3. The molecular formula is C19H19FN4O. The van der Waals surface area contributed by atoms with Gasteiger partial charge in [0.05, 0.1) is 6.20 Å². The molecule has 1 fully saturated rings. The van der Waals surface area contributed by atoms with Gasteiger partial charge in [0.1, 0.15) is 11.4 Å². The second kappa shape index (κ2) is 6.27. The van der Waals surface area contributed by atoms with Gasteiger partial charge in [-0.2, -0.15) is 5.10 Å². The van der Waals surface area contributed by atoms with Crippen LogP contribution in [0.15, 0.2) is 42.9 Å². The number of hydrogen-bond donors (Lipinski definition) is 0. The van der Waals surface area contributed by atoms with Crippen molar-refractivity contribution in [1.82, 2.24) is 19.5 Å². The van der Waals surface area contributed by atoms with Gasteiger partial charge in [-0.15, -0.1) is 0 Å². The topological polar surface area (TPSA) is 50.5 Å². The Bertz CT molecular complexity index is 936. The van der Waals surface area contributed by atoms with E-state index in [0.29, 0.717) is 35.8 Å². The van der Waals surface area contributed by atoms with Gasteiger partial charge in [0, 0.05) is 25.5 Å². The summed E-state index contributed by atoms with van der Waals surface area (Å²) in [7, 11) is 0. The highest BCUT2D eigenvalue weighted by atomic mass is 19.1. The number of fused-ring (bicyclic) bond motifs is 1. The molecule has 0 spiro atoms. The SMILES string of the molecule is Cc1ccc(CC2CCN(C(=O)c3cnn4cccnc34)C2)cc1F. The van der Waals surface area contributed by atoms with Crippen LogP contribution in [-0.4, -0.2) is 38.5 Å². The highest BCUT2D eigenvalue weighted by Crippen LogP contribution is 2.24. The summed E-state index contributed by atoms with van der Waals surface area (Å²) in [5.74, 6) is 0.146. The van der Waals surface area contributed by atoms with Crippen LogP contribution in [0, 0.1) is 18.7 Å². The Kier molecular flexibility index (Phi) is 3.95. The second-order valence-corrected chi connectivity index (χ2v) is 6.64. The van der Waals surface area contributed by atoms with E-state index in [1.165, 1.54) is 0 Å². The normalized spacial score (nSPS) is 17.4. The molecule has 1 aliphatic rings. The van der Waals surface area contributed by atoms with Crippen molar-refractivity contribution in [3.05, 3.63) is 65.4 Å². The van der Waals surface area contributed by atoms with E-state index in [4.69, 9.17) is 0 Å². The molecule has 0 bridgehead atoms. The van der Waals surface area contributed by atoms with Gasteiger partial charge in [0.2, 0.25) is 0 Å². The predicted octanol–water partition coefficient (Wildman–Crippen LogP) is 2.88. The number of carbonyl (C=O) groups excluding carboxylic acids is 1. The fourth-order valence-corrected chi connectivity index (χ4v) is 3.43. The van der Waals surface area contributed by atoms with Crippen LogP contribution >= 0.6 is 0 Å². The van der Waals surface area contributed by atoms with Crippen molar-refractivity contribution in [2.45, 2.75) is 19.8 Å². The van der Waals surface area contributed by atoms with Crippen LogP contribution in [0.4, 0.5) is 4.39 Å². The Morgan fingerprint density at radius 1 is 1.40 bits per heavy atom. The van der Waals surface area contributed by atoms with Crippen LogP contribution in [0.3, 0.4) is 0 Å². The van der Waals surface area contributed by atoms with Crippen LogP contribution in [-0.2, 0) is 6.42 Å². The van der Waals surface area contributed by atoms with Crippen molar-refractivity contribution in [1.29, 1.82) is 0 Å². The van der Waals surface area contributed by atoms with Crippen molar-refractivity contribution in [2.75, 3.05) is 13.1 Å². The molecule has 0 N–H and O–H groups in total. The summed E-state index contributed by atoms with van der Waals surface area (Å²) in [5, 5.41) is 4.18. The molecule has 0 aliphatic carbocycles. The Labute approximate surface area is 145 Å². The van der Waals surface area contributed by atoms with Crippen molar-refractivity contribution in [3.63, 3.8) is 0 Å². The van der Waals surface area contributed by atoms with Crippen LogP contribution < -0.4 is 0 Å². The second-order valence-electron chi connectivity index (χ2n) is 6.64. The van der Waals surface area contributed by atoms with E-state index in [0.717, 1.165) is 18.4 Å². The van der Waals surface area contributed by atoms with Crippen molar-refractivity contribution >= 4 is 11.6 Å². The summed E-state index contributed by atoms with van der Waals surface area (Å²) in [6, 6.07) is 7.17. The fraction of sp³-hybridized carbons (Fsp3) is 0.316. The maximum atomic E-state index is 13.7. The Balaban J connectivity index is 1.46. The summed E-state index contributed by atoms with van der Waals surface area (Å²) < 4.78 is 15.3. The first-order chi connectivity index (χ1) is 12.1. The lowest BCUT2D eigenvalue weighted by molar-refractivity contribution is 0.0788. The molecule has 1 atom stereocenters. The quantitative estimate of drug-likeness (QED) is 0.738. The average Bonchev–Trinajstić information content (AvgIpc) is 3.24. The lowest BCUT2D eigenvalue weighted by Gasteiger charge is -2.16. The average molecular weight is 338 g/mol. The van der Waals surface area contributed by atoms with Gasteiger partial charge in [-0.25, -0.2) is 13.9 Å². The molecule has 0 saturated carbocycles. The molecule has 1 aliphatic heterocycles. The van der Waals surface area contributed by atoms with E-state index in [9.17, 15) is 9.18 Å². The molecule has 0 radical (unpaired) electrons. The number of aromatic nitrogens is 3. The summed E-state index contributed by atoms with van der Waals surface area (Å²) in [6.07, 6.45) is 6.72. The van der Waals surface area contributed by atoms with Gasteiger partial charge < -0.3 is 4.90 Å². The third-order valence-corrected chi connectivity index (χ3v) is 4.84. The third-order valence-electron chi connectivity index (χ3n) is 4.84. The van der Waals surface area contributed by atoms with Gasteiger partial charge >= 0.3 is 0 Å². The third kappa shape index (κ3) is 2.99. The molecule has 1 saturated heterocycles. The van der Waals surface area contributed by atoms with Gasteiger partial charge in [-0.1, -0.05) is 12.1 Å². The number of benzene rings is 1. The summed E-state index contributed by atoms with van der Waals surface area (Å²) >= 11 is 0. The molecule has 6 heteroatoms. The number of hydrogen-bond acceptors (Lipinski definition) is 3. The fourth-order valence-electron chi connectivity index (χ4n) is 3.43. The monoisotopic (exact) mass is 338 g/mol. The minimum absolute atomic E-state index is 0.0358. The number of carbonyl (C=O) groups is 1. The number of halogens is 1. The molecule has 25 heavy (non-hydrogen) atoms. The zero-order valence-corrected chi connectivity index (χ0v) is 14.0. The van der Waals surface area contributed by atoms with E-state index in [-0.39, 0.29) is 11.7 Å². The molecule has 3 heterocycles. The summed E-state index contributed by atoms with van der Waals surface area (Å²) in [6.45, 7) is 3.15. The van der Waals surface area contributed by atoms with Crippen molar-refractivity contribution in [2.24, 2.45) is 5.92 Å². The van der Waals surface area contributed by atoms with Crippen LogP contribution in [0.1, 0.15) is 27.9 Å². The number of likely N-dealkylation sites (tertiary alicyclic amines) is 1. The predicted molar refractivity (Wildman–Crippen MR) is 91.8 cm³/mol. The molecular weight excluding hydrogens is 319 g/mol. The maximum Gasteiger partial charge on any atom is 0.259 e. The largest absolute Gasteiger partial charge is 0.338 e. The number of aryl methyl sites for hydroxylation is 1. The minimum Gasteiger partial charge on any atom is -0.338 e. The maximum absolute atomic E-state index is 13.7. The molecule has 3 aromatic rings. The molecule has 128 valence electrons. The Morgan fingerprint density at radius 3 is 3.12 bits per heavy atom. The number of nitrogens with zero attached hydrogens (tertiary/aromatic N) is 4. The first-order valence-electron chi connectivity index (χ1n) is 8.44. The molecule has 1 amide bonds. The number of amides is 1. The van der Waals surface area contributed by atoms with Crippen LogP contribution in [0.25, 0.3) is 5.65 Å².